The SMILES string of the molecule is CCNC(=NCc1csc(N(C)C)n1)N1CC=C(c2ccccc2)CC1. The molecular formula is C20H27N5S. The van der Waals surface area contributed by atoms with Gasteiger partial charge in [-0.2, -0.15) is 0 Å². The van der Waals surface area contributed by atoms with Crippen molar-refractivity contribution in [3.05, 3.63) is 53.0 Å². The molecule has 26 heavy (non-hydrogen) atoms. The molecule has 3 rings (SSSR count). The fraction of sp³-hybridized carbons (Fsp3) is 0.400. The van der Waals surface area contributed by atoms with E-state index in [1.165, 1.54) is 11.1 Å². The summed E-state index contributed by atoms with van der Waals surface area (Å²) in [5, 5.41) is 6.53. The highest BCUT2D eigenvalue weighted by Gasteiger charge is 2.16. The van der Waals surface area contributed by atoms with E-state index in [2.05, 4.69) is 63.9 Å². The third-order valence-corrected chi connectivity index (χ3v) is 5.36. The van der Waals surface area contributed by atoms with Crippen LogP contribution in [-0.2, 0) is 6.54 Å². The molecule has 0 fully saturated rings. The average Bonchev–Trinajstić information content (AvgIpc) is 3.15. The number of rotatable bonds is 5. The maximum Gasteiger partial charge on any atom is 0.194 e. The van der Waals surface area contributed by atoms with Gasteiger partial charge >= 0.3 is 0 Å². The first-order valence-corrected chi connectivity index (χ1v) is 9.94. The Morgan fingerprint density at radius 3 is 2.73 bits per heavy atom. The highest BCUT2D eigenvalue weighted by molar-refractivity contribution is 7.13. The Morgan fingerprint density at radius 1 is 1.31 bits per heavy atom. The molecule has 1 aromatic carbocycles. The monoisotopic (exact) mass is 369 g/mol. The Kier molecular flexibility index (Phi) is 6.28. The van der Waals surface area contributed by atoms with E-state index in [0.29, 0.717) is 6.54 Å². The second-order valence-corrected chi connectivity index (χ2v) is 7.31. The number of nitrogens with one attached hydrogen (secondary N) is 1. The van der Waals surface area contributed by atoms with Gasteiger partial charge in [0.2, 0.25) is 0 Å². The molecule has 0 saturated carbocycles. The summed E-state index contributed by atoms with van der Waals surface area (Å²) in [6.45, 7) is 5.45. The van der Waals surface area contributed by atoms with Gasteiger partial charge in [0, 0.05) is 39.1 Å². The number of thiazole rings is 1. The Hall–Kier alpha value is -2.34. The summed E-state index contributed by atoms with van der Waals surface area (Å²) in [4.78, 5) is 13.8. The molecule has 5 nitrogen and oxygen atoms in total. The molecule has 0 radical (unpaired) electrons. The summed E-state index contributed by atoms with van der Waals surface area (Å²) < 4.78 is 0. The zero-order valence-electron chi connectivity index (χ0n) is 15.8. The standard InChI is InChI=1S/C20H27N5S/c1-4-21-19(22-14-18-15-26-20(23-18)24(2)3)25-12-10-17(11-13-25)16-8-6-5-7-9-16/h5-10,15H,4,11-14H2,1-3H3,(H,21,22). The van der Waals surface area contributed by atoms with Gasteiger partial charge in [0.25, 0.3) is 0 Å². The molecule has 1 aromatic heterocycles. The Balaban J connectivity index is 1.67. The van der Waals surface area contributed by atoms with Gasteiger partial charge in [0.1, 0.15) is 0 Å². The van der Waals surface area contributed by atoms with Crippen molar-refractivity contribution in [3.8, 4) is 0 Å². The van der Waals surface area contributed by atoms with Crippen LogP contribution in [0.4, 0.5) is 5.13 Å². The number of nitrogens with zero attached hydrogens (tertiary/aromatic N) is 4. The molecule has 1 aliphatic rings. The predicted molar refractivity (Wildman–Crippen MR) is 112 cm³/mol. The van der Waals surface area contributed by atoms with E-state index < -0.39 is 0 Å². The minimum Gasteiger partial charge on any atom is -0.356 e. The summed E-state index contributed by atoms with van der Waals surface area (Å²) in [5.74, 6) is 0.968. The fourth-order valence-electron chi connectivity index (χ4n) is 2.93. The molecule has 0 spiro atoms. The van der Waals surface area contributed by atoms with Gasteiger partial charge in [0.05, 0.1) is 12.2 Å². The Labute approximate surface area is 160 Å². The summed E-state index contributed by atoms with van der Waals surface area (Å²) in [6.07, 6.45) is 3.36. The summed E-state index contributed by atoms with van der Waals surface area (Å²) >= 11 is 1.66. The number of anilines is 1. The summed E-state index contributed by atoms with van der Waals surface area (Å²) in [5.41, 5.74) is 3.77. The van der Waals surface area contributed by atoms with Crippen molar-refractivity contribution in [3.63, 3.8) is 0 Å². The van der Waals surface area contributed by atoms with Gasteiger partial charge in [-0.3, -0.25) is 0 Å². The molecule has 2 aromatic rings. The number of aromatic nitrogens is 1. The lowest BCUT2D eigenvalue weighted by Gasteiger charge is -2.29. The first kappa shape index (κ1) is 18.5. The van der Waals surface area contributed by atoms with E-state index in [0.717, 1.165) is 42.8 Å². The van der Waals surface area contributed by atoms with Crippen LogP contribution in [0.15, 0.2) is 46.8 Å². The van der Waals surface area contributed by atoms with Crippen molar-refractivity contribution < 1.29 is 0 Å². The van der Waals surface area contributed by atoms with E-state index in [4.69, 9.17) is 4.99 Å². The minimum absolute atomic E-state index is 0.610. The molecule has 0 aliphatic carbocycles. The van der Waals surface area contributed by atoms with Crippen LogP contribution in [0.3, 0.4) is 0 Å². The van der Waals surface area contributed by atoms with Gasteiger partial charge < -0.3 is 15.1 Å². The van der Waals surface area contributed by atoms with Crippen molar-refractivity contribution in [1.29, 1.82) is 0 Å². The van der Waals surface area contributed by atoms with Gasteiger partial charge in [-0.15, -0.1) is 11.3 Å². The Morgan fingerprint density at radius 2 is 2.12 bits per heavy atom. The number of aliphatic imine (C=N–C) groups is 1. The van der Waals surface area contributed by atoms with Crippen molar-refractivity contribution >= 4 is 28.0 Å². The first-order valence-electron chi connectivity index (χ1n) is 9.07. The number of hydrogen-bond acceptors (Lipinski definition) is 4. The van der Waals surface area contributed by atoms with Crippen LogP contribution in [0, 0.1) is 0 Å². The zero-order valence-corrected chi connectivity index (χ0v) is 16.6. The molecule has 2 heterocycles. The lowest BCUT2D eigenvalue weighted by molar-refractivity contribution is 0.440. The Bertz CT molecular complexity index is 764. The quantitative estimate of drug-likeness (QED) is 0.647. The third kappa shape index (κ3) is 4.64. The van der Waals surface area contributed by atoms with Gasteiger partial charge in [-0.25, -0.2) is 9.98 Å². The smallest absolute Gasteiger partial charge is 0.194 e. The number of hydrogen-bond donors (Lipinski definition) is 1. The molecule has 1 aliphatic heterocycles. The summed E-state index contributed by atoms with van der Waals surface area (Å²) in [6, 6.07) is 10.6. The van der Waals surface area contributed by atoms with E-state index in [1.807, 2.05) is 19.0 Å². The van der Waals surface area contributed by atoms with Gasteiger partial charge in [-0.1, -0.05) is 36.4 Å². The largest absolute Gasteiger partial charge is 0.356 e. The second-order valence-electron chi connectivity index (χ2n) is 6.48. The molecule has 1 N–H and O–H groups in total. The van der Waals surface area contributed by atoms with Gasteiger partial charge in [-0.05, 0) is 24.5 Å². The molecule has 0 unspecified atom stereocenters. The van der Waals surface area contributed by atoms with Crippen LogP contribution in [-0.4, -0.2) is 49.6 Å². The number of guanidine groups is 1. The lowest BCUT2D eigenvalue weighted by atomic mass is 10.00. The zero-order chi connectivity index (χ0) is 18.4. The average molecular weight is 370 g/mol. The van der Waals surface area contributed by atoms with Crippen molar-refractivity contribution in [2.45, 2.75) is 19.9 Å². The highest BCUT2D eigenvalue weighted by Crippen LogP contribution is 2.22. The topological polar surface area (TPSA) is 43.8 Å². The molecule has 0 amide bonds. The van der Waals surface area contributed by atoms with Crippen LogP contribution in [0.25, 0.3) is 5.57 Å². The molecular weight excluding hydrogens is 342 g/mol. The summed E-state index contributed by atoms with van der Waals surface area (Å²) in [7, 11) is 4.03. The van der Waals surface area contributed by atoms with E-state index in [1.54, 1.807) is 11.3 Å². The lowest BCUT2D eigenvalue weighted by Crippen LogP contribution is -2.43. The third-order valence-electron chi connectivity index (χ3n) is 4.30. The van der Waals surface area contributed by atoms with Crippen LogP contribution in [0.1, 0.15) is 24.6 Å². The maximum absolute atomic E-state index is 4.81. The van der Waals surface area contributed by atoms with Crippen LogP contribution in [0.2, 0.25) is 0 Å². The van der Waals surface area contributed by atoms with E-state index >= 15 is 0 Å². The van der Waals surface area contributed by atoms with Crippen molar-refractivity contribution in [2.75, 3.05) is 38.6 Å². The molecule has 6 heteroatoms. The first-order chi connectivity index (χ1) is 12.7. The normalized spacial score (nSPS) is 15.0. The maximum atomic E-state index is 4.81. The van der Waals surface area contributed by atoms with Gasteiger partial charge in [0.15, 0.2) is 11.1 Å². The predicted octanol–water partition coefficient (Wildman–Crippen LogP) is 3.46. The van der Waals surface area contributed by atoms with E-state index in [9.17, 15) is 0 Å². The highest BCUT2D eigenvalue weighted by atomic mass is 32.1. The molecule has 0 saturated heterocycles. The second kappa shape index (κ2) is 8.85. The van der Waals surface area contributed by atoms with Crippen LogP contribution >= 0.6 is 11.3 Å². The minimum atomic E-state index is 0.610. The number of benzene rings is 1. The molecule has 0 atom stereocenters. The molecule has 0 bridgehead atoms. The fourth-order valence-corrected chi connectivity index (χ4v) is 3.68. The van der Waals surface area contributed by atoms with E-state index in [-0.39, 0.29) is 0 Å². The van der Waals surface area contributed by atoms with Crippen LogP contribution < -0.4 is 10.2 Å². The molecule has 138 valence electrons. The van der Waals surface area contributed by atoms with Crippen molar-refractivity contribution in [1.82, 2.24) is 15.2 Å². The van der Waals surface area contributed by atoms with Crippen molar-refractivity contribution in [2.24, 2.45) is 4.99 Å². The van der Waals surface area contributed by atoms with Crippen LogP contribution in [0.5, 0.6) is 0 Å².